The zero-order valence-corrected chi connectivity index (χ0v) is 17.9. The summed E-state index contributed by atoms with van der Waals surface area (Å²) in [7, 11) is 1.57. The van der Waals surface area contributed by atoms with Crippen molar-refractivity contribution in [2.75, 3.05) is 43.1 Å². The fourth-order valence-corrected chi connectivity index (χ4v) is 4.19. The standard InChI is InChI=1S/C23H22N6O4/c1-33-18-8-7-15(22(30)31)13-17(18)27-9-11-28(12-10-27)20-19-21(25-14-24-20)29(23(32)26-19)16-5-3-2-4-6-16/h2-8,13-14H,9-12H2,1H3,(H,26,32)(H,30,31). The molecule has 1 saturated heterocycles. The number of benzene rings is 2. The molecule has 2 aromatic carbocycles. The lowest BCUT2D eigenvalue weighted by Crippen LogP contribution is -2.47. The van der Waals surface area contributed by atoms with Gasteiger partial charge in [-0.2, -0.15) is 0 Å². The molecule has 10 heteroatoms. The van der Waals surface area contributed by atoms with Crippen LogP contribution in [0.2, 0.25) is 0 Å². The van der Waals surface area contributed by atoms with Gasteiger partial charge in [-0.25, -0.2) is 24.1 Å². The lowest BCUT2D eigenvalue weighted by atomic mass is 10.1. The maximum absolute atomic E-state index is 12.7. The molecule has 1 aliphatic heterocycles. The highest BCUT2D eigenvalue weighted by molar-refractivity contribution is 5.90. The van der Waals surface area contributed by atoms with Gasteiger partial charge in [0.1, 0.15) is 17.6 Å². The number of anilines is 2. The molecule has 168 valence electrons. The zero-order chi connectivity index (χ0) is 22.9. The van der Waals surface area contributed by atoms with Gasteiger partial charge >= 0.3 is 11.7 Å². The van der Waals surface area contributed by atoms with Gasteiger partial charge in [0.05, 0.1) is 24.0 Å². The largest absolute Gasteiger partial charge is 0.495 e. The van der Waals surface area contributed by atoms with Crippen LogP contribution in [0.25, 0.3) is 16.9 Å². The van der Waals surface area contributed by atoms with Crippen molar-refractivity contribution >= 4 is 28.6 Å². The van der Waals surface area contributed by atoms with E-state index in [-0.39, 0.29) is 11.3 Å². The molecule has 0 saturated carbocycles. The Bertz CT molecular complexity index is 1370. The Morgan fingerprint density at radius 1 is 1.03 bits per heavy atom. The molecule has 33 heavy (non-hydrogen) atoms. The monoisotopic (exact) mass is 446 g/mol. The summed E-state index contributed by atoms with van der Waals surface area (Å²) in [6.45, 7) is 2.53. The number of hydrogen-bond donors (Lipinski definition) is 2. The van der Waals surface area contributed by atoms with Crippen LogP contribution in [0.5, 0.6) is 5.75 Å². The van der Waals surface area contributed by atoms with E-state index in [1.54, 1.807) is 23.8 Å². The normalized spacial score (nSPS) is 14.0. The van der Waals surface area contributed by atoms with E-state index >= 15 is 0 Å². The lowest BCUT2D eigenvalue weighted by Gasteiger charge is -2.37. The quantitative estimate of drug-likeness (QED) is 0.479. The molecule has 3 heterocycles. The minimum absolute atomic E-state index is 0.213. The maximum Gasteiger partial charge on any atom is 0.335 e. The molecule has 0 atom stereocenters. The molecule has 10 nitrogen and oxygen atoms in total. The van der Waals surface area contributed by atoms with E-state index in [1.165, 1.54) is 12.4 Å². The van der Waals surface area contributed by atoms with Crippen LogP contribution in [0, 0.1) is 0 Å². The number of H-pyrrole nitrogens is 1. The third-order valence-electron chi connectivity index (χ3n) is 5.81. The predicted molar refractivity (Wildman–Crippen MR) is 124 cm³/mol. The second-order valence-corrected chi connectivity index (χ2v) is 7.66. The summed E-state index contributed by atoms with van der Waals surface area (Å²) < 4.78 is 6.99. The van der Waals surface area contributed by atoms with E-state index in [4.69, 9.17) is 4.74 Å². The summed E-state index contributed by atoms with van der Waals surface area (Å²) in [6, 6.07) is 14.2. The molecule has 4 aromatic rings. The van der Waals surface area contributed by atoms with Gasteiger partial charge in [-0.3, -0.25) is 0 Å². The number of fused-ring (bicyclic) bond motifs is 1. The summed E-state index contributed by atoms with van der Waals surface area (Å²) >= 11 is 0. The number of piperazine rings is 1. The smallest absolute Gasteiger partial charge is 0.335 e. The Kier molecular flexibility index (Phi) is 5.17. The van der Waals surface area contributed by atoms with Gasteiger partial charge < -0.3 is 24.6 Å². The van der Waals surface area contributed by atoms with E-state index in [2.05, 4.69) is 24.8 Å². The van der Waals surface area contributed by atoms with Crippen LogP contribution in [0.3, 0.4) is 0 Å². The first-order valence-electron chi connectivity index (χ1n) is 10.5. The van der Waals surface area contributed by atoms with Gasteiger partial charge in [-0.05, 0) is 30.3 Å². The van der Waals surface area contributed by atoms with Crippen LogP contribution < -0.4 is 20.2 Å². The SMILES string of the molecule is COc1ccc(C(=O)O)cc1N1CCN(c2ncnc3c2[nH]c(=O)n3-c2ccccc2)CC1. The first-order chi connectivity index (χ1) is 16.1. The number of aromatic carboxylic acids is 1. The number of para-hydroxylation sites is 1. The van der Waals surface area contributed by atoms with Gasteiger partial charge in [-0.15, -0.1) is 0 Å². The van der Waals surface area contributed by atoms with Crippen molar-refractivity contribution in [2.45, 2.75) is 0 Å². The number of aromatic nitrogens is 4. The van der Waals surface area contributed by atoms with Gasteiger partial charge in [0.2, 0.25) is 0 Å². The number of ether oxygens (including phenoxy) is 1. The van der Waals surface area contributed by atoms with Crippen molar-refractivity contribution in [3.63, 3.8) is 0 Å². The van der Waals surface area contributed by atoms with Crippen molar-refractivity contribution in [1.29, 1.82) is 0 Å². The highest BCUT2D eigenvalue weighted by Crippen LogP contribution is 2.31. The van der Waals surface area contributed by atoms with Crippen molar-refractivity contribution in [3.05, 3.63) is 70.9 Å². The van der Waals surface area contributed by atoms with Gasteiger partial charge in [0.15, 0.2) is 11.5 Å². The highest BCUT2D eigenvalue weighted by atomic mass is 16.5. The van der Waals surface area contributed by atoms with Crippen molar-refractivity contribution in [2.24, 2.45) is 0 Å². The van der Waals surface area contributed by atoms with Crippen LogP contribution >= 0.6 is 0 Å². The molecular formula is C23H22N6O4. The molecule has 0 aliphatic carbocycles. The number of nitrogens with one attached hydrogen (secondary N) is 1. The first kappa shape index (κ1) is 20.6. The summed E-state index contributed by atoms with van der Waals surface area (Å²) in [5.74, 6) is 0.313. The van der Waals surface area contributed by atoms with Gasteiger partial charge in [-0.1, -0.05) is 18.2 Å². The zero-order valence-electron chi connectivity index (χ0n) is 17.9. The van der Waals surface area contributed by atoms with Crippen LogP contribution in [-0.2, 0) is 0 Å². The van der Waals surface area contributed by atoms with Crippen molar-refractivity contribution < 1.29 is 14.6 Å². The molecule has 0 bridgehead atoms. The van der Waals surface area contributed by atoms with E-state index in [9.17, 15) is 14.7 Å². The van der Waals surface area contributed by atoms with Crippen LogP contribution in [0.1, 0.15) is 10.4 Å². The van der Waals surface area contributed by atoms with E-state index in [1.807, 2.05) is 30.3 Å². The summed E-state index contributed by atoms with van der Waals surface area (Å²) in [5.41, 5.74) is 2.53. The Morgan fingerprint density at radius 2 is 1.76 bits per heavy atom. The van der Waals surface area contributed by atoms with Crippen LogP contribution in [0.15, 0.2) is 59.7 Å². The topological polar surface area (TPSA) is 117 Å². The number of carboxylic acid groups (broad SMARTS) is 1. The highest BCUT2D eigenvalue weighted by Gasteiger charge is 2.24. The number of imidazole rings is 1. The fourth-order valence-electron chi connectivity index (χ4n) is 4.19. The van der Waals surface area contributed by atoms with Gasteiger partial charge in [0, 0.05) is 26.2 Å². The number of rotatable bonds is 5. The van der Waals surface area contributed by atoms with E-state index in [0.717, 1.165) is 11.4 Å². The number of nitrogens with zero attached hydrogens (tertiary/aromatic N) is 5. The van der Waals surface area contributed by atoms with Crippen molar-refractivity contribution in [1.82, 2.24) is 19.5 Å². The molecule has 2 N–H and O–H groups in total. The summed E-state index contributed by atoms with van der Waals surface area (Å²) in [4.78, 5) is 40.1. The lowest BCUT2D eigenvalue weighted by molar-refractivity contribution is 0.0697. The minimum atomic E-state index is -0.979. The van der Waals surface area contributed by atoms with Crippen LogP contribution in [0.4, 0.5) is 11.5 Å². The summed E-state index contributed by atoms with van der Waals surface area (Å²) in [6.07, 6.45) is 1.47. The van der Waals surface area contributed by atoms with E-state index < -0.39 is 5.97 Å². The Morgan fingerprint density at radius 3 is 2.45 bits per heavy atom. The second-order valence-electron chi connectivity index (χ2n) is 7.66. The molecule has 0 radical (unpaired) electrons. The minimum Gasteiger partial charge on any atom is -0.495 e. The Hall–Kier alpha value is -4.34. The number of carbonyl (C=O) groups is 1. The average molecular weight is 446 g/mol. The maximum atomic E-state index is 12.7. The third kappa shape index (κ3) is 3.65. The molecular weight excluding hydrogens is 424 g/mol. The van der Waals surface area contributed by atoms with E-state index in [0.29, 0.717) is 48.9 Å². The molecule has 0 spiro atoms. The third-order valence-corrected chi connectivity index (χ3v) is 5.81. The fraction of sp³-hybridized carbons (Fsp3) is 0.217. The first-order valence-corrected chi connectivity index (χ1v) is 10.5. The average Bonchev–Trinajstić information content (AvgIpc) is 3.20. The number of methoxy groups -OCH3 is 1. The molecule has 5 rings (SSSR count). The number of aromatic amines is 1. The molecule has 1 fully saturated rings. The number of hydrogen-bond acceptors (Lipinski definition) is 7. The number of carboxylic acids is 1. The Labute approximate surface area is 188 Å². The predicted octanol–water partition coefficient (Wildman–Crippen LogP) is 2.14. The molecule has 2 aromatic heterocycles. The second kappa shape index (κ2) is 8.30. The van der Waals surface area contributed by atoms with Gasteiger partial charge in [0.25, 0.3) is 0 Å². The summed E-state index contributed by atoms with van der Waals surface area (Å²) in [5, 5.41) is 9.36. The van der Waals surface area contributed by atoms with Crippen molar-refractivity contribution in [3.8, 4) is 11.4 Å². The molecule has 1 aliphatic rings. The Balaban J connectivity index is 1.44. The van der Waals surface area contributed by atoms with Crippen LogP contribution in [-0.4, -0.2) is 63.9 Å². The molecule has 0 unspecified atom stereocenters. The molecule has 0 amide bonds.